The number of hydrogen-bond donors (Lipinski definition) is 2. The second-order valence-corrected chi connectivity index (χ2v) is 9.41. The molecule has 0 spiro atoms. The lowest BCUT2D eigenvalue weighted by molar-refractivity contribution is -0.142. The van der Waals surface area contributed by atoms with Gasteiger partial charge in [-0.2, -0.15) is 0 Å². The van der Waals surface area contributed by atoms with Crippen LogP contribution in [0.5, 0.6) is 0 Å². The molecule has 3 heteroatoms. The van der Waals surface area contributed by atoms with Crippen molar-refractivity contribution in [2.24, 2.45) is 5.92 Å². The van der Waals surface area contributed by atoms with Gasteiger partial charge in [0.05, 0.1) is 12.0 Å². The van der Waals surface area contributed by atoms with Crippen LogP contribution >= 0.6 is 0 Å². The standard InChI is InChI=1S/C20H42O.C8H16O2/c1-3-5-7-9-11-12-13-15-17-19-20(21)18-16-14-10-8-6-4-2;1-3-5-6-7(4-2)8(9)10/h20-21H,3-19H2,1-2H3;7H,3-6H2,1-2H3,(H,9,10). The summed E-state index contributed by atoms with van der Waals surface area (Å²) in [5.74, 6) is -0.754. The topological polar surface area (TPSA) is 57.5 Å². The van der Waals surface area contributed by atoms with Crippen molar-refractivity contribution in [3.8, 4) is 0 Å². The minimum atomic E-state index is -0.643. The second-order valence-electron chi connectivity index (χ2n) is 9.41. The third kappa shape index (κ3) is 27.4. The van der Waals surface area contributed by atoms with Gasteiger partial charge in [-0.15, -0.1) is 0 Å². The van der Waals surface area contributed by atoms with E-state index in [9.17, 15) is 9.90 Å². The molecule has 0 aromatic carbocycles. The Labute approximate surface area is 195 Å². The lowest BCUT2D eigenvalue weighted by atomic mass is 10.00. The molecule has 2 unspecified atom stereocenters. The van der Waals surface area contributed by atoms with Gasteiger partial charge in [0.2, 0.25) is 0 Å². The highest BCUT2D eigenvalue weighted by Gasteiger charge is 2.12. The predicted octanol–water partition coefficient (Wildman–Crippen LogP) is 9.31. The second kappa shape index (κ2) is 27.5. The van der Waals surface area contributed by atoms with Crippen molar-refractivity contribution >= 4 is 5.97 Å². The third-order valence-corrected chi connectivity index (χ3v) is 6.28. The van der Waals surface area contributed by atoms with Crippen LogP contribution in [0.1, 0.15) is 163 Å². The highest BCUT2D eigenvalue weighted by Crippen LogP contribution is 2.15. The maximum atomic E-state index is 10.4. The number of carboxylic acid groups (broad SMARTS) is 1. The SMILES string of the molecule is CCCCC(CC)C(=O)O.CCCCCCCCCCCC(O)CCCCCCCC. The summed E-state index contributed by atoms with van der Waals surface area (Å²) in [4.78, 5) is 10.4. The summed E-state index contributed by atoms with van der Waals surface area (Å²) in [7, 11) is 0. The Morgan fingerprint density at radius 3 is 1.23 bits per heavy atom. The number of aliphatic hydroxyl groups is 1. The Morgan fingerprint density at radius 2 is 0.903 bits per heavy atom. The Balaban J connectivity index is 0. The smallest absolute Gasteiger partial charge is 0.306 e. The molecule has 0 bridgehead atoms. The molecule has 0 aliphatic rings. The monoisotopic (exact) mass is 442 g/mol. The number of rotatable bonds is 22. The average molecular weight is 443 g/mol. The Hall–Kier alpha value is -0.570. The maximum Gasteiger partial charge on any atom is 0.306 e. The summed E-state index contributed by atoms with van der Waals surface area (Å²) in [6, 6.07) is 0. The maximum absolute atomic E-state index is 10.4. The molecule has 0 heterocycles. The van der Waals surface area contributed by atoms with Crippen LogP contribution in [0.4, 0.5) is 0 Å². The van der Waals surface area contributed by atoms with Crippen molar-refractivity contribution < 1.29 is 15.0 Å². The van der Waals surface area contributed by atoms with E-state index in [2.05, 4.69) is 20.8 Å². The molecule has 2 atom stereocenters. The molecule has 0 rings (SSSR count). The zero-order chi connectivity index (χ0) is 23.6. The molecule has 0 aromatic rings. The third-order valence-electron chi connectivity index (χ3n) is 6.28. The van der Waals surface area contributed by atoms with Crippen LogP contribution < -0.4 is 0 Å². The number of aliphatic hydroxyl groups excluding tert-OH is 1. The van der Waals surface area contributed by atoms with Crippen LogP contribution in [-0.4, -0.2) is 22.3 Å². The lowest BCUT2D eigenvalue weighted by Gasteiger charge is -2.10. The molecule has 3 nitrogen and oxygen atoms in total. The van der Waals surface area contributed by atoms with E-state index in [-0.39, 0.29) is 12.0 Å². The van der Waals surface area contributed by atoms with Gasteiger partial charge in [0.15, 0.2) is 0 Å². The van der Waals surface area contributed by atoms with E-state index < -0.39 is 5.97 Å². The summed E-state index contributed by atoms with van der Waals surface area (Å²) in [6.07, 6.45) is 26.1. The van der Waals surface area contributed by atoms with Gasteiger partial charge in [-0.1, -0.05) is 137 Å². The first kappa shape index (κ1) is 32.6. The summed E-state index contributed by atoms with van der Waals surface area (Å²) in [6.45, 7) is 8.54. The summed E-state index contributed by atoms with van der Waals surface area (Å²) < 4.78 is 0. The molecule has 2 N–H and O–H groups in total. The fraction of sp³-hybridized carbons (Fsp3) is 0.964. The molecule has 0 aliphatic heterocycles. The van der Waals surface area contributed by atoms with Crippen LogP contribution in [0.3, 0.4) is 0 Å². The van der Waals surface area contributed by atoms with E-state index in [0.717, 1.165) is 38.5 Å². The molecule has 0 fully saturated rings. The summed E-state index contributed by atoms with van der Waals surface area (Å²) >= 11 is 0. The van der Waals surface area contributed by atoms with Gasteiger partial charge in [-0.3, -0.25) is 4.79 Å². The Morgan fingerprint density at radius 1 is 0.548 bits per heavy atom. The van der Waals surface area contributed by atoms with Crippen molar-refractivity contribution in [3.63, 3.8) is 0 Å². The van der Waals surface area contributed by atoms with Crippen molar-refractivity contribution in [1.29, 1.82) is 0 Å². The molecule has 188 valence electrons. The molecule has 0 saturated carbocycles. The first-order valence-electron chi connectivity index (χ1n) is 13.9. The first-order valence-corrected chi connectivity index (χ1v) is 13.9. The Bertz CT molecular complexity index is 343. The van der Waals surface area contributed by atoms with Gasteiger partial charge in [-0.25, -0.2) is 0 Å². The van der Waals surface area contributed by atoms with Crippen molar-refractivity contribution in [1.82, 2.24) is 0 Å². The first-order chi connectivity index (χ1) is 15.0. The molecule has 31 heavy (non-hydrogen) atoms. The lowest BCUT2D eigenvalue weighted by Crippen LogP contribution is -2.11. The van der Waals surface area contributed by atoms with E-state index >= 15 is 0 Å². The average Bonchev–Trinajstić information content (AvgIpc) is 2.76. The highest BCUT2D eigenvalue weighted by atomic mass is 16.4. The quantitative estimate of drug-likeness (QED) is 0.164. The van der Waals surface area contributed by atoms with E-state index in [1.807, 2.05) is 6.92 Å². The minimum Gasteiger partial charge on any atom is -0.481 e. The zero-order valence-corrected chi connectivity index (χ0v) is 21.8. The van der Waals surface area contributed by atoms with Crippen LogP contribution in [0.25, 0.3) is 0 Å². The number of aliphatic carboxylic acids is 1. The predicted molar refractivity (Wildman–Crippen MR) is 137 cm³/mol. The zero-order valence-electron chi connectivity index (χ0n) is 21.8. The van der Waals surface area contributed by atoms with E-state index in [0.29, 0.717) is 0 Å². The van der Waals surface area contributed by atoms with Gasteiger partial charge >= 0.3 is 5.97 Å². The van der Waals surface area contributed by atoms with Crippen LogP contribution in [0.15, 0.2) is 0 Å². The summed E-state index contributed by atoms with van der Waals surface area (Å²) in [5, 5.41) is 18.6. The van der Waals surface area contributed by atoms with Gasteiger partial charge in [0, 0.05) is 0 Å². The van der Waals surface area contributed by atoms with E-state index in [1.165, 1.54) is 96.3 Å². The molecule has 0 aromatic heterocycles. The fourth-order valence-corrected chi connectivity index (χ4v) is 3.95. The molecule has 0 saturated heterocycles. The van der Waals surface area contributed by atoms with Crippen LogP contribution in [0, 0.1) is 5.92 Å². The largest absolute Gasteiger partial charge is 0.481 e. The number of unbranched alkanes of at least 4 members (excludes halogenated alkanes) is 14. The van der Waals surface area contributed by atoms with Gasteiger partial charge in [0.1, 0.15) is 0 Å². The molecular weight excluding hydrogens is 384 g/mol. The minimum absolute atomic E-state index is 0.0271. The fourth-order valence-electron chi connectivity index (χ4n) is 3.95. The van der Waals surface area contributed by atoms with E-state index in [4.69, 9.17) is 5.11 Å². The number of carboxylic acids is 1. The van der Waals surface area contributed by atoms with E-state index in [1.54, 1.807) is 0 Å². The number of hydrogen-bond acceptors (Lipinski definition) is 2. The molecule has 0 radical (unpaired) electrons. The van der Waals surface area contributed by atoms with Crippen LogP contribution in [0.2, 0.25) is 0 Å². The van der Waals surface area contributed by atoms with Crippen molar-refractivity contribution in [2.75, 3.05) is 0 Å². The van der Waals surface area contributed by atoms with Gasteiger partial charge in [-0.05, 0) is 25.7 Å². The van der Waals surface area contributed by atoms with Gasteiger partial charge in [0.25, 0.3) is 0 Å². The summed E-state index contributed by atoms with van der Waals surface area (Å²) in [5.41, 5.74) is 0. The highest BCUT2D eigenvalue weighted by molar-refractivity contribution is 5.69. The van der Waals surface area contributed by atoms with Crippen molar-refractivity contribution in [2.45, 2.75) is 169 Å². The van der Waals surface area contributed by atoms with Crippen LogP contribution in [-0.2, 0) is 4.79 Å². The molecular formula is C28H58O3. The van der Waals surface area contributed by atoms with Gasteiger partial charge < -0.3 is 10.2 Å². The Kier molecular flexibility index (Phi) is 28.9. The number of carbonyl (C=O) groups is 1. The van der Waals surface area contributed by atoms with Crippen molar-refractivity contribution in [3.05, 3.63) is 0 Å². The molecule has 0 aliphatic carbocycles. The molecule has 0 amide bonds. The normalized spacial score (nSPS) is 12.8.